The molecule has 168 valence electrons. The average Bonchev–Trinajstić information content (AvgIpc) is 3.15. The van der Waals surface area contributed by atoms with E-state index in [1.54, 1.807) is 7.11 Å². The molecule has 7 nitrogen and oxygen atoms in total. The third-order valence-corrected chi connectivity index (χ3v) is 6.16. The van der Waals surface area contributed by atoms with E-state index in [9.17, 15) is 4.79 Å². The maximum absolute atomic E-state index is 13.3. The molecule has 0 bridgehead atoms. The molecule has 1 aromatic heterocycles. The lowest BCUT2D eigenvalue weighted by molar-refractivity contribution is 0.0297. The summed E-state index contributed by atoms with van der Waals surface area (Å²) in [7, 11) is 1.71. The van der Waals surface area contributed by atoms with Gasteiger partial charge in [0, 0.05) is 49.0 Å². The largest absolute Gasteiger partial charge is 0.496 e. The number of amides is 1. The normalized spacial score (nSPS) is 18.8. The highest BCUT2D eigenvalue weighted by Crippen LogP contribution is 2.27. The van der Waals surface area contributed by atoms with Crippen LogP contribution in [0.3, 0.4) is 0 Å². The third-order valence-electron chi connectivity index (χ3n) is 6.16. The smallest absolute Gasteiger partial charge is 0.274 e. The Balaban J connectivity index is 1.53. The number of carbonyl (C=O) groups is 1. The van der Waals surface area contributed by atoms with Gasteiger partial charge >= 0.3 is 0 Å². The van der Waals surface area contributed by atoms with Crippen LogP contribution in [0.5, 0.6) is 5.75 Å². The number of para-hydroxylation sites is 1. The Bertz CT molecular complexity index is 902. The molecule has 1 aliphatic carbocycles. The van der Waals surface area contributed by atoms with Crippen LogP contribution in [0.15, 0.2) is 24.3 Å². The first-order valence-electron chi connectivity index (χ1n) is 11.4. The Morgan fingerprint density at radius 1 is 1.29 bits per heavy atom. The minimum atomic E-state index is 0.0486. The van der Waals surface area contributed by atoms with E-state index in [0.717, 1.165) is 49.2 Å². The molecular weight excluding hydrogens is 392 g/mol. The highest BCUT2D eigenvalue weighted by Gasteiger charge is 2.31. The van der Waals surface area contributed by atoms with Gasteiger partial charge < -0.3 is 19.7 Å². The molecule has 1 aliphatic heterocycles. The van der Waals surface area contributed by atoms with Gasteiger partial charge in [-0.2, -0.15) is 5.10 Å². The topological polar surface area (TPSA) is 68.6 Å². The number of nitrogens with zero attached hydrogens (tertiary/aromatic N) is 3. The second kappa shape index (κ2) is 9.83. The van der Waals surface area contributed by atoms with Gasteiger partial charge in [0.2, 0.25) is 0 Å². The van der Waals surface area contributed by atoms with E-state index in [1.807, 2.05) is 23.1 Å². The number of hydrogen-bond acceptors (Lipinski definition) is 5. The number of rotatable bonds is 7. The van der Waals surface area contributed by atoms with Gasteiger partial charge in [0.25, 0.3) is 5.91 Å². The molecular formula is C24H34N4O3. The van der Waals surface area contributed by atoms with Crippen LogP contribution in [0.2, 0.25) is 0 Å². The van der Waals surface area contributed by atoms with E-state index in [-0.39, 0.29) is 5.91 Å². The average molecular weight is 427 g/mol. The molecule has 7 heteroatoms. The van der Waals surface area contributed by atoms with Crippen molar-refractivity contribution in [2.45, 2.75) is 52.2 Å². The fourth-order valence-electron chi connectivity index (χ4n) is 4.55. The van der Waals surface area contributed by atoms with Crippen molar-refractivity contribution in [3.63, 3.8) is 0 Å². The Hall–Kier alpha value is -2.38. The molecule has 2 aromatic rings. The van der Waals surface area contributed by atoms with Gasteiger partial charge in [-0.3, -0.25) is 9.48 Å². The molecule has 0 spiro atoms. The number of methoxy groups -OCH3 is 1. The zero-order valence-electron chi connectivity index (χ0n) is 18.9. The zero-order chi connectivity index (χ0) is 21.8. The van der Waals surface area contributed by atoms with Gasteiger partial charge in [-0.05, 0) is 31.2 Å². The first kappa shape index (κ1) is 21.8. The summed E-state index contributed by atoms with van der Waals surface area (Å²) in [6, 6.07) is 8.42. The Labute approximate surface area is 184 Å². The highest BCUT2D eigenvalue weighted by atomic mass is 16.5. The predicted octanol–water partition coefficient (Wildman–Crippen LogP) is 2.67. The minimum absolute atomic E-state index is 0.0486. The molecule has 2 heterocycles. The van der Waals surface area contributed by atoms with E-state index in [1.165, 1.54) is 5.69 Å². The number of morpholine rings is 1. The van der Waals surface area contributed by atoms with E-state index >= 15 is 0 Å². The molecule has 1 atom stereocenters. The highest BCUT2D eigenvalue weighted by molar-refractivity contribution is 5.94. The van der Waals surface area contributed by atoms with Crippen molar-refractivity contribution in [2.24, 2.45) is 5.92 Å². The van der Waals surface area contributed by atoms with Crippen LogP contribution in [-0.4, -0.2) is 60.0 Å². The summed E-state index contributed by atoms with van der Waals surface area (Å²) in [5, 5.41) is 8.51. The second-order valence-electron chi connectivity index (χ2n) is 8.89. The number of nitrogens with one attached hydrogen (secondary N) is 1. The monoisotopic (exact) mass is 426 g/mol. The minimum Gasteiger partial charge on any atom is -0.496 e. The maximum Gasteiger partial charge on any atom is 0.274 e. The molecule has 1 N–H and O–H groups in total. The molecule has 1 fully saturated rings. The van der Waals surface area contributed by atoms with Crippen molar-refractivity contribution in [2.75, 3.05) is 33.4 Å². The van der Waals surface area contributed by atoms with Gasteiger partial charge in [-0.25, -0.2) is 0 Å². The number of hydrogen-bond donors (Lipinski definition) is 1. The first-order valence-corrected chi connectivity index (χ1v) is 11.4. The van der Waals surface area contributed by atoms with E-state index in [4.69, 9.17) is 14.6 Å². The van der Waals surface area contributed by atoms with E-state index in [2.05, 4.69) is 29.9 Å². The van der Waals surface area contributed by atoms with Crippen LogP contribution in [0.1, 0.15) is 47.6 Å². The summed E-state index contributed by atoms with van der Waals surface area (Å²) >= 11 is 0. The van der Waals surface area contributed by atoms with E-state index in [0.29, 0.717) is 44.0 Å². The molecule has 1 saturated heterocycles. The van der Waals surface area contributed by atoms with E-state index < -0.39 is 0 Å². The number of carbonyl (C=O) groups excluding carboxylic acids is 1. The standard InChI is InChI=1S/C24H34N4O3/c1-17(2)16-28-21-9-8-19(25-15-18-6-4-5-7-22(18)30-3)14-20(21)23(26-28)24(29)27-10-12-31-13-11-27/h4-7,17,19,25H,8-16H2,1-3H3/t19-/m1/s1. The van der Waals surface area contributed by atoms with Crippen LogP contribution in [0.25, 0.3) is 0 Å². The molecule has 1 aromatic carbocycles. The molecule has 2 aliphatic rings. The molecule has 1 amide bonds. The van der Waals surface area contributed by atoms with Crippen molar-refractivity contribution in [1.82, 2.24) is 20.0 Å². The number of benzene rings is 1. The summed E-state index contributed by atoms with van der Waals surface area (Å²) in [4.78, 5) is 15.2. The summed E-state index contributed by atoms with van der Waals surface area (Å²) in [5.74, 6) is 1.43. The quantitative estimate of drug-likeness (QED) is 0.737. The Morgan fingerprint density at radius 2 is 2.06 bits per heavy atom. The van der Waals surface area contributed by atoms with Gasteiger partial charge in [0.1, 0.15) is 5.75 Å². The van der Waals surface area contributed by atoms with Crippen LogP contribution >= 0.6 is 0 Å². The summed E-state index contributed by atoms with van der Waals surface area (Å²) < 4.78 is 13.0. The zero-order valence-corrected chi connectivity index (χ0v) is 18.9. The van der Waals surface area contributed by atoms with Crippen molar-refractivity contribution in [3.8, 4) is 5.75 Å². The first-order chi connectivity index (χ1) is 15.1. The third kappa shape index (κ3) is 4.93. The van der Waals surface area contributed by atoms with Gasteiger partial charge in [0.15, 0.2) is 5.69 Å². The summed E-state index contributed by atoms with van der Waals surface area (Å²) in [5.41, 5.74) is 4.15. The maximum atomic E-state index is 13.3. The fourth-order valence-corrected chi connectivity index (χ4v) is 4.55. The number of fused-ring (bicyclic) bond motifs is 1. The van der Waals surface area contributed by atoms with Gasteiger partial charge in [-0.1, -0.05) is 32.0 Å². The molecule has 0 radical (unpaired) electrons. The number of aromatic nitrogens is 2. The van der Waals surface area contributed by atoms with Crippen LogP contribution < -0.4 is 10.1 Å². The number of ether oxygens (including phenoxy) is 2. The summed E-state index contributed by atoms with van der Waals surface area (Å²) in [6.45, 7) is 8.46. The second-order valence-corrected chi connectivity index (χ2v) is 8.89. The Morgan fingerprint density at radius 3 is 2.81 bits per heavy atom. The lowest BCUT2D eigenvalue weighted by Crippen LogP contribution is -2.41. The van der Waals surface area contributed by atoms with Gasteiger partial charge in [-0.15, -0.1) is 0 Å². The van der Waals surface area contributed by atoms with Crippen molar-refractivity contribution in [3.05, 3.63) is 46.8 Å². The van der Waals surface area contributed by atoms with Crippen LogP contribution in [0, 0.1) is 5.92 Å². The molecule has 4 rings (SSSR count). The van der Waals surface area contributed by atoms with Crippen LogP contribution in [-0.2, 0) is 30.7 Å². The Kier molecular flexibility index (Phi) is 6.92. The summed E-state index contributed by atoms with van der Waals surface area (Å²) in [6.07, 6.45) is 2.81. The molecule has 31 heavy (non-hydrogen) atoms. The van der Waals surface area contributed by atoms with Crippen LogP contribution in [0.4, 0.5) is 0 Å². The SMILES string of the molecule is COc1ccccc1CN[C@@H]1CCc2c(c(C(=O)N3CCOCC3)nn2CC(C)C)C1. The molecule has 0 unspecified atom stereocenters. The lowest BCUT2D eigenvalue weighted by atomic mass is 9.90. The van der Waals surface area contributed by atoms with Crippen molar-refractivity contribution < 1.29 is 14.3 Å². The fraction of sp³-hybridized carbons (Fsp3) is 0.583. The van der Waals surface area contributed by atoms with Crippen molar-refractivity contribution >= 4 is 5.91 Å². The van der Waals surface area contributed by atoms with Crippen molar-refractivity contribution in [1.29, 1.82) is 0 Å². The predicted molar refractivity (Wildman–Crippen MR) is 119 cm³/mol. The molecule has 0 saturated carbocycles. The lowest BCUT2D eigenvalue weighted by Gasteiger charge is -2.28. The van der Waals surface area contributed by atoms with Gasteiger partial charge in [0.05, 0.1) is 20.3 Å².